The Bertz CT molecular complexity index is 1820. The average molecular weight is 803 g/mol. The van der Waals surface area contributed by atoms with Crippen LogP contribution in [-0.4, -0.2) is 87.3 Å². The molecule has 13 nitrogen and oxygen atoms in total. The average Bonchev–Trinajstić information content (AvgIpc) is 3.43. The minimum atomic E-state index is -3.10. The smallest absolute Gasteiger partial charge is 0.350 e. The number of anilines is 1. The van der Waals surface area contributed by atoms with Crippen molar-refractivity contribution in [2.45, 2.75) is 71.5 Å². The zero-order valence-corrected chi connectivity index (χ0v) is 33.1. The van der Waals surface area contributed by atoms with Gasteiger partial charge < -0.3 is 30.1 Å². The fourth-order valence-corrected chi connectivity index (χ4v) is 6.69. The number of carboxylic acids is 1. The highest BCUT2D eigenvalue weighted by Gasteiger charge is 2.25. The lowest BCUT2D eigenvalue weighted by atomic mass is 10.0. The van der Waals surface area contributed by atoms with Gasteiger partial charge in [-0.3, -0.25) is 18.7 Å². The molecule has 0 saturated carbocycles. The molecule has 0 saturated heterocycles. The van der Waals surface area contributed by atoms with Crippen LogP contribution in [-0.2, 0) is 38.3 Å². The monoisotopic (exact) mass is 801 g/mol. The van der Waals surface area contributed by atoms with Crippen LogP contribution in [0.15, 0.2) is 35.1 Å². The maximum atomic E-state index is 12.5. The Kier molecular flexibility index (Phi) is 18.4. The molecule has 1 aliphatic heterocycles. The summed E-state index contributed by atoms with van der Waals surface area (Å²) in [5, 5.41) is 13.3. The molecule has 3 aromatic rings. The van der Waals surface area contributed by atoms with Gasteiger partial charge in [0, 0.05) is 39.0 Å². The van der Waals surface area contributed by atoms with E-state index < -0.39 is 19.4 Å². The van der Waals surface area contributed by atoms with Crippen molar-refractivity contribution in [2.24, 2.45) is 5.73 Å². The van der Waals surface area contributed by atoms with Gasteiger partial charge in [-0.2, -0.15) is 4.68 Å². The summed E-state index contributed by atoms with van der Waals surface area (Å²) in [6, 6.07) is 8.12. The predicted octanol–water partition coefficient (Wildman–Crippen LogP) is 5.54. The van der Waals surface area contributed by atoms with Gasteiger partial charge in [0.1, 0.15) is 30.1 Å². The van der Waals surface area contributed by atoms with Crippen LogP contribution in [0, 0.1) is 19.3 Å². The first-order valence-corrected chi connectivity index (χ1v) is 20.1. The summed E-state index contributed by atoms with van der Waals surface area (Å²) in [5.41, 5.74) is 8.53. The number of ether oxygens (including phenoxy) is 2. The second kappa shape index (κ2) is 21.4. The van der Waals surface area contributed by atoms with Gasteiger partial charge in [0.2, 0.25) is 5.91 Å². The van der Waals surface area contributed by atoms with E-state index in [9.17, 15) is 18.9 Å². The van der Waals surface area contributed by atoms with Gasteiger partial charge in [-0.25, -0.2) is 4.79 Å². The molecule has 1 amide bonds. The van der Waals surface area contributed by atoms with E-state index in [1.807, 2.05) is 26.0 Å². The van der Waals surface area contributed by atoms with Gasteiger partial charge in [-0.05, 0) is 56.7 Å². The number of carboxylic acid groups (broad SMARTS) is 1. The van der Waals surface area contributed by atoms with Gasteiger partial charge >= 0.3 is 11.7 Å². The van der Waals surface area contributed by atoms with Crippen LogP contribution in [0.4, 0.5) is 5.69 Å². The molecule has 1 aliphatic rings. The highest BCUT2D eigenvalue weighted by molar-refractivity contribution is 7.57. The molecule has 1 aromatic heterocycles. The summed E-state index contributed by atoms with van der Waals surface area (Å²) in [6.07, 6.45) is 8.85. The fourth-order valence-electron chi connectivity index (χ4n) is 5.29. The normalized spacial score (nSPS) is 14.2. The largest absolute Gasteiger partial charge is 0.480 e. The van der Waals surface area contributed by atoms with Crippen LogP contribution in [0.3, 0.4) is 0 Å². The number of terminal acetylenes is 1. The number of nitrogens with zero attached hydrogens (tertiary/aromatic N) is 4. The first-order valence-electron chi connectivity index (χ1n) is 16.5. The van der Waals surface area contributed by atoms with E-state index in [1.54, 1.807) is 22.6 Å². The Balaban J connectivity index is 0.000000286. The summed E-state index contributed by atoms with van der Waals surface area (Å²) in [7, 11) is -1.47. The third-order valence-electron chi connectivity index (χ3n) is 7.86. The molecule has 0 fully saturated rings. The number of hydrogen-bond acceptors (Lipinski definition) is 8. The molecule has 0 aliphatic carbocycles. The number of aryl methyl sites for hydroxylation is 3. The number of amides is 1. The topological polar surface area (TPSA) is 179 Å². The summed E-state index contributed by atoms with van der Waals surface area (Å²) in [4.78, 5) is 45.3. The van der Waals surface area contributed by atoms with Crippen molar-refractivity contribution in [1.29, 1.82) is 0 Å². The zero-order valence-electron chi connectivity index (χ0n) is 30.0. The van der Waals surface area contributed by atoms with Crippen molar-refractivity contribution >= 4 is 59.7 Å². The number of aliphatic carboxylic acids is 1. The number of methoxy groups -OCH3 is 1. The van der Waals surface area contributed by atoms with Crippen LogP contribution >= 0.6 is 42.2 Å². The highest BCUT2D eigenvalue weighted by Crippen LogP contribution is 2.36. The maximum Gasteiger partial charge on any atom is 0.350 e. The number of alkyl halides is 1. The van der Waals surface area contributed by atoms with E-state index in [4.69, 9.17) is 66.4 Å². The van der Waals surface area contributed by atoms with Gasteiger partial charge in [0.25, 0.3) is 0 Å². The molecule has 0 radical (unpaired) electrons. The van der Waals surface area contributed by atoms with E-state index in [1.165, 1.54) is 17.4 Å². The van der Waals surface area contributed by atoms with Crippen LogP contribution in [0.25, 0.3) is 5.69 Å². The number of aromatic nitrogens is 3. The molecule has 2 heterocycles. The molecule has 2 aromatic carbocycles. The molecular weight excluding hydrogens is 756 g/mol. The number of para-hydroxylation sites is 1. The summed E-state index contributed by atoms with van der Waals surface area (Å²) in [5.74, 6) is 2.26. The standard InChI is InChI=1S/C15H13Cl2N3O2.C15H22ClNO2.C5H12NO4P/c1-2-7-22-13-9-12(10(16)8-11(13)17)20-15(21)19-6-4-3-5-14(19)18-20;1-5-13-8-6-7-11(2)15(13)17(14(18)9-16)12(3)10-19-4;1-11(9,10)3-2-4(6)5(7)8/h1,8-9H,3-7H2;6-8,12H,5,9-10H2,1-4H3;4H,2-3,6H2,1H3,(H,7,8)(H,9,10). The first-order chi connectivity index (χ1) is 24.5. The van der Waals surface area contributed by atoms with Gasteiger partial charge in [0.15, 0.2) is 7.37 Å². The number of rotatable bonds is 13. The van der Waals surface area contributed by atoms with Crippen molar-refractivity contribution in [3.05, 3.63) is 67.8 Å². The van der Waals surface area contributed by atoms with Crippen molar-refractivity contribution in [3.8, 4) is 23.8 Å². The van der Waals surface area contributed by atoms with Gasteiger partial charge in [0.05, 0.1) is 34.1 Å². The van der Waals surface area contributed by atoms with E-state index in [-0.39, 0.29) is 42.7 Å². The number of nitrogens with two attached hydrogens (primary N) is 1. The predicted molar refractivity (Wildman–Crippen MR) is 206 cm³/mol. The first kappa shape index (κ1) is 44.8. The van der Waals surface area contributed by atoms with Crippen LogP contribution in [0.5, 0.6) is 5.75 Å². The second-order valence-corrected chi connectivity index (χ2v) is 15.7. The number of carbonyl (C=O) groups excluding carboxylic acids is 1. The Hall–Kier alpha value is -3.34. The minimum Gasteiger partial charge on any atom is -0.480 e. The van der Waals surface area contributed by atoms with E-state index in [2.05, 4.69) is 24.0 Å². The molecule has 3 atom stereocenters. The Morgan fingerprint density at radius 3 is 2.48 bits per heavy atom. The van der Waals surface area contributed by atoms with Crippen molar-refractivity contribution in [2.75, 3.05) is 43.9 Å². The van der Waals surface area contributed by atoms with Crippen LogP contribution in [0.2, 0.25) is 10.0 Å². The molecule has 0 spiro atoms. The van der Waals surface area contributed by atoms with E-state index >= 15 is 0 Å². The lowest BCUT2D eigenvalue weighted by molar-refractivity contribution is -0.138. The van der Waals surface area contributed by atoms with Crippen LogP contribution < -0.4 is 21.1 Å². The third-order valence-corrected chi connectivity index (χ3v) is 9.77. The molecule has 4 N–H and O–H groups in total. The summed E-state index contributed by atoms with van der Waals surface area (Å²) < 4.78 is 24.2. The maximum absolute atomic E-state index is 12.5. The molecule has 286 valence electrons. The molecule has 4 rings (SSSR count). The molecule has 17 heteroatoms. The molecule has 52 heavy (non-hydrogen) atoms. The van der Waals surface area contributed by atoms with E-state index in [0.29, 0.717) is 34.6 Å². The van der Waals surface area contributed by atoms with Gasteiger partial charge in [-0.1, -0.05) is 54.2 Å². The number of carbonyl (C=O) groups is 2. The van der Waals surface area contributed by atoms with Crippen molar-refractivity contribution in [3.63, 3.8) is 0 Å². The van der Waals surface area contributed by atoms with Gasteiger partial charge in [-0.15, -0.1) is 23.1 Å². The Labute approximate surface area is 319 Å². The summed E-state index contributed by atoms with van der Waals surface area (Å²) in [6.45, 7) is 8.50. The lowest BCUT2D eigenvalue weighted by Crippen LogP contribution is -2.43. The Morgan fingerprint density at radius 1 is 1.23 bits per heavy atom. The molecule has 3 unspecified atom stereocenters. The number of fused-ring (bicyclic) bond motifs is 1. The molecular formula is C35H47Cl3N5O8P. The minimum absolute atomic E-state index is 0.0223. The SMILES string of the molecule is C#CCOc1cc(-n2nc3n(c2=O)CCCC3)c(Cl)cc1Cl.CCc1cccc(C)c1N(C(=O)CCl)C(C)COC.CP(=O)(O)CCC(N)C(=O)O. The Morgan fingerprint density at radius 2 is 1.92 bits per heavy atom. The van der Waals surface area contributed by atoms with Crippen molar-refractivity contribution in [1.82, 2.24) is 14.3 Å². The fraction of sp³-hybridized carbons (Fsp3) is 0.486. The summed E-state index contributed by atoms with van der Waals surface area (Å²) >= 11 is 18.0. The molecule has 0 bridgehead atoms. The van der Waals surface area contributed by atoms with Crippen molar-refractivity contribution < 1.29 is 33.6 Å². The van der Waals surface area contributed by atoms with Crippen LogP contribution in [0.1, 0.15) is 50.1 Å². The highest BCUT2D eigenvalue weighted by atomic mass is 35.5. The number of halogens is 3. The number of hydrogen-bond donors (Lipinski definition) is 3. The zero-order chi connectivity index (χ0) is 39.2. The van der Waals surface area contributed by atoms with E-state index in [0.717, 1.165) is 48.3 Å². The number of benzene rings is 2. The third kappa shape index (κ3) is 13.0. The lowest BCUT2D eigenvalue weighted by Gasteiger charge is -2.31. The second-order valence-electron chi connectivity index (χ2n) is 12.1. The quantitative estimate of drug-likeness (QED) is 0.113.